The van der Waals surface area contributed by atoms with Crippen LogP contribution in [0.4, 0.5) is 20.2 Å². The molecule has 0 saturated heterocycles. The highest BCUT2D eigenvalue weighted by Gasteiger charge is 2.27. The lowest BCUT2D eigenvalue weighted by Gasteiger charge is -2.18. The molecule has 31 heavy (non-hydrogen) atoms. The van der Waals surface area contributed by atoms with Gasteiger partial charge in [-0.3, -0.25) is 14.9 Å². The van der Waals surface area contributed by atoms with Gasteiger partial charge in [0, 0.05) is 17.7 Å². The van der Waals surface area contributed by atoms with E-state index in [1.54, 1.807) is 18.2 Å². The molecule has 158 valence electrons. The summed E-state index contributed by atoms with van der Waals surface area (Å²) in [6.07, 6.45) is -1.46. The smallest absolute Gasteiger partial charge is 0.339 e. The van der Waals surface area contributed by atoms with E-state index in [1.807, 2.05) is 0 Å². The molecule has 0 spiro atoms. The third-order valence-corrected chi connectivity index (χ3v) is 4.45. The van der Waals surface area contributed by atoms with Gasteiger partial charge in [-0.1, -0.05) is 41.9 Å². The Morgan fingerprint density at radius 1 is 1.00 bits per heavy atom. The third kappa shape index (κ3) is 5.20. The number of carbonyl (C=O) groups is 2. The van der Waals surface area contributed by atoms with E-state index in [0.29, 0.717) is 11.6 Å². The fraction of sp³-hybridized carbons (Fsp3) is 0.0476. The number of nitrogens with one attached hydrogen (secondary N) is 1. The van der Waals surface area contributed by atoms with E-state index in [0.717, 1.165) is 24.3 Å². The Balaban J connectivity index is 1.87. The number of anilines is 1. The van der Waals surface area contributed by atoms with Gasteiger partial charge >= 0.3 is 5.97 Å². The average molecular weight is 447 g/mol. The number of amides is 1. The van der Waals surface area contributed by atoms with Crippen molar-refractivity contribution in [3.8, 4) is 0 Å². The van der Waals surface area contributed by atoms with E-state index in [9.17, 15) is 28.5 Å². The summed E-state index contributed by atoms with van der Waals surface area (Å²) in [5, 5.41) is 13.2. The van der Waals surface area contributed by atoms with Gasteiger partial charge in [0.2, 0.25) is 6.10 Å². The van der Waals surface area contributed by atoms with E-state index in [-0.39, 0.29) is 22.0 Å². The summed E-state index contributed by atoms with van der Waals surface area (Å²) in [4.78, 5) is 35.5. The zero-order chi connectivity index (χ0) is 22.5. The van der Waals surface area contributed by atoms with E-state index in [4.69, 9.17) is 16.3 Å². The predicted molar refractivity (Wildman–Crippen MR) is 108 cm³/mol. The highest BCUT2D eigenvalue weighted by molar-refractivity contribution is 6.34. The van der Waals surface area contributed by atoms with Crippen molar-refractivity contribution in [1.82, 2.24) is 0 Å². The Morgan fingerprint density at radius 2 is 1.71 bits per heavy atom. The lowest BCUT2D eigenvalue weighted by Crippen LogP contribution is -2.26. The number of nitrogens with zero attached hydrogens (tertiary/aromatic N) is 1. The first kappa shape index (κ1) is 21.8. The highest BCUT2D eigenvalue weighted by atomic mass is 35.5. The number of benzene rings is 3. The fourth-order valence-electron chi connectivity index (χ4n) is 2.62. The van der Waals surface area contributed by atoms with Crippen molar-refractivity contribution in [2.45, 2.75) is 6.10 Å². The van der Waals surface area contributed by atoms with Crippen LogP contribution in [0.2, 0.25) is 5.02 Å². The number of nitro groups is 1. The van der Waals surface area contributed by atoms with Crippen LogP contribution in [0.5, 0.6) is 0 Å². The lowest BCUT2D eigenvalue weighted by atomic mass is 10.1. The van der Waals surface area contributed by atoms with Gasteiger partial charge in [0.05, 0.1) is 21.2 Å². The largest absolute Gasteiger partial charge is 0.444 e. The second-order valence-electron chi connectivity index (χ2n) is 6.24. The van der Waals surface area contributed by atoms with Gasteiger partial charge < -0.3 is 10.1 Å². The number of nitro benzene ring substituents is 1. The molecule has 0 aliphatic rings. The minimum Gasteiger partial charge on any atom is -0.444 e. The van der Waals surface area contributed by atoms with Gasteiger partial charge in [0.1, 0.15) is 0 Å². The first-order valence-corrected chi connectivity index (χ1v) is 9.10. The summed E-state index contributed by atoms with van der Waals surface area (Å²) < 4.78 is 31.8. The summed E-state index contributed by atoms with van der Waals surface area (Å²) in [5.41, 5.74) is -0.204. The highest BCUT2D eigenvalue weighted by Crippen LogP contribution is 2.29. The van der Waals surface area contributed by atoms with Crippen LogP contribution in [0.1, 0.15) is 22.0 Å². The van der Waals surface area contributed by atoms with Crippen LogP contribution in [0.25, 0.3) is 0 Å². The van der Waals surface area contributed by atoms with Crippen LogP contribution in [0.15, 0.2) is 66.7 Å². The monoisotopic (exact) mass is 446 g/mol. The van der Waals surface area contributed by atoms with Gasteiger partial charge in [-0.05, 0) is 24.3 Å². The number of hydrogen-bond donors (Lipinski definition) is 1. The number of hydrogen-bond acceptors (Lipinski definition) is 5. The molecular formula is C21H13ClF2N2O5. The quantitative estimate of drug-likeness (QED) is 0.324. The van der Waals surface area contributed by atoms with Crippen LogP contribution in [-0.2, 0) is 9.53 Å². The molecule has 1 amide bonds. The normalized spacial score (nSPS) is 11.5. The van der Waals surface area contributed by atoms with Gasteiger partial charge in [0.25, 0.3) is 11.6 Å². The number of non-ortho nitro benzene ring substituents is 1. The number of carbonyl (C=O) groups excluding carboxylic acids is 2. The molecule has 7 nitrogen and oxygen atoms in total. The summed E-state index contributed by atoms with van der Waals surface area (Å²) >= 11 is 6.00. The summed E-state index contributed by atoms with van der Waals surface area (Å²) in [7, 11) is 0. The molecule has 0 aromatic heterocycles. The van der Waals surface area contributed by atoms with Crippen LogP contribution in [0, 0.1) is 21.7 Å². The maximum Gasteiger partial charge on any atom is 0.339 e. The number of ether oxygens (including phenoxy) is 1. The van der Waals surface area contributed by atoms with Crippen LogP contribution in [-0.4, -0.2) is 16.8 Å². The SMILES string of the molecule is O=C(OC(C(=O)Nc1ccc([N+](=O)[O-])cc1Cl)c1ccccc1)c1ccc(F)c(F)c1. The first-order chi connectivity index (χ1) is 14.8. The minimum absolute atomic E-state index is 0.0575. The fourth-order valence-corrected chi connectivity index (χ4v) is 2.84. The summed E-state index contributed by atoms with van der Waals surface area (Å²) in [6.45, 7) is 0. The molecule has 3 rings (SSSR count). The molecule has 0 saturated carbocycles. The van der Waals surface area contributed by atoms with Gasteiger partial charge in [-0.25, -0.2) is 13.6 Å². The molecular weight excluding hydrogens is 434 g/mol. The van der Waals surface area contributed by atoms with E-state index < -0.39 is 34.5 Å². The zero-order valence-corrected chi connectivity index (χ0v) is 16.3. The molecule has 0 bridgehead atoms. The van der Waals surface area contributed by atoms with Gasteiger partial charge in [-0.2, -0.15) is 0 Å². The zero-order valence-electron chi connectivity index (χ0n) is 15.6. The molecule has 1 atom stereocenters. The van der Waals surface area contributed by atoms with Crippen LogP contribution < -0.4 is 5.32 Å². The van der Waals surface area contributed by atoms with Crippen LogP contribution >= 0.6 is 11.6 Å². The molecule has 10 heteroatoms. The molecule has 0 heterocycles. The Bertz CT molecular complexity index is 1160. The van der Waals surface area contributed by atoms with Crippen molar-refractivity contribution in [3.63, 3.8) is 0 Å². The third-order valence-electron chi connectivity index (χ3n) is 4.14. The standard InChI is InChI=1S/C21H13ClF2N2O5/c22-15-11-14(26(29)30)7-9-18(15)25-20(27)19(12-4-2-1-3-5-12)31-21(28)13-6-8-16(23)17(24)10-13/h1-11,19H,(H,25,27). The Morgan fingerprint density at radius 3 is 2.32 bits per heavy atom. The topological polar surface area (TPSA) is 98.5 Å². The Kier molecular flexibility index (Phi) is 6.56. The van der Waals surface area contributed by atoms with Crippen molar-refractivity contribution < 1.29 is 28.0 Å². The lowest BCUT2D eigenvalue weighted by molar-refractivity contribution is -0.384. The Labute approximate surface area is 179 Å². The minimum atomic E-state index is -1.46. The molecule has 0 aliphatic heterocycles. The summed E-state index contributed by atoms with van der Waals surface area (Å²) in [6, 6.07) is 13.8. The van der Waals surface area contributed by atoms with E-state index in [2.05, 4.69) is 5.32 Å². The maximum absolute atomic E-state index is 13.5. The number of halogens is 3. The van der Waals surface area contributed by atoms with Crippen molar-refractivity contribution in [1.29, 1.82) is 0 Å². The maximum atomic E-state index is 13.5. The predicted octanol–water partition coefficient (Wildman–Crippen LogP) is 5.06. The second kappa shape index (κ2) is 9.31. The molecule has 3 aromatic carbocycles. The van der Waals surface area contributed by atoms with E-state index >= 15 is 0 Å². The van der Waals surface area contributed by atoms with Crippen molar-refractivity contribution in [2.75, 3.05) is 5.32 Å². The molecule has 0 radical (unpaired) electrons. The van der Waals surface area contributed by atoms with Gasteiger partial charge in [-0.15, -0.1) is 0 Å². The summed E-state index contributed by atoms with van der Waals surface area (Å²) in [5.74, 6) is -4.25. The number of esters is 1. The molecule has 1 N–H and O–H groups in total. The van der Waals surface area contributed by atoms with Crippen molar-refractivity contribution >= 4 is 34.9 Å². The second-order valence-corrected chi connectivity index (χ2v) is 6.64. The first-order valence-electron chi connectivity index (χ1n) is 8.72. The molecule has 1 unspecified atom stereocenters. The van der Waals surface area contributed by atoms with E-state index in [1.165, 1.54) is 18.2 Å². The van der Waals surface area contributed by atoms with Crippen LogP contribution in [0.3, 0.4) is 0 Å². The molecule has 0 aliphatic carbocycles. The van der Waals surface area contributed by atoms with Crippen molar-refractivity contribution in [3.05, 3.63) is 105 Å². The van der Waals surface area contributed by atoms with Crippen molar-refractivity contribution in [2.24, 2.45) is 0 Å². The van der Waals surface area contributed by atoms with Gasteiger partial charge in [0.15, 0.2) is 11.6 Å². The Hall–Kier alpha value is -3.85. The molecule has 3 aromatic rings. The average Bonchev–Trinajstić information content (AvgIpc) is 2.75. The number of rotatable bonds is 6. The molecule has 0 fully saturated rings.